The maximum atomic E-state index is 12.7. The molecule has 168 valence electrons. The molecule has 0 saturated carbocycles. The Balaban J connectivity index is 1.79. The minimum atomic E-state index is -4.82. The van der Waals surface area contributed by atoms with Crippen LogP contribution in [0.25, 0.3) is 5.69 Å². The molecule has 0 bridgehead atoms. The lowest BCUT2D eigenvalue weighted by Crippen LogP contribution is -2.26. The SMILES string of the molecule is COc1ccc(CNC(=O)c2nn(-c3ccc(OC(F)(F)F)cc3)cc2NC(N)=O)cc1. The minimum absolute atomic E-state index is 0.0281. The van der Waals surface area contributed by atoms with Crippen molar-refractivity contribution in [3.05, 3.63) is 66.0 Å². The van der Waals surface area contributed by atoms with Crippen molar-refractivity contribution in [3.63, 3.8) is 0 Å². The third kappa shape index (κ3) is 5.90. The zero-order valence-electron chi connectivity index (χ0n) is 16.6. The van der Waals surface area contributed by atoms with Gasteiger partial charge in [-0.2, -0.15) is 5.10 Å². The Kier molecular flexibility index (Phi) is 6.52. The van der Waals surface area contributed by atoms with E-state index in [0.717, 1.165) is 17.7 Å². The summed E-state index contributed by atoms with van der Waals surface area (Å²) in [4.78, 5) is 24.0. The van der Waals surface area contributed by atoms with Crippen molar-refractivity contribution in [2.75, 3.05) is 12.4 Å². The lowest BCUT2D eigenvalue weighted by atomic mass is 10.2. The molecular weight excluding hydrogens is 431 g/mol. The van der Waals surface area contributed by atoms with E-state index in [1.807, 2.05) is 0 Å². The number of nitrogens with two attached hydrogens (primary N) is 1. The fourth-order valence-corrected chi connectivity index (χ4v) is 2.71. The molecule has 3 rings (SSSR count). The Hall–Kier alpha value is -4.22. The third-order valence-corrected chi connectivity index (χ3v) is 4.13. The minimum Gasteiger partial charge on any atom is -0.497 e. The predicted octanol–water partition coefficient (Wildman–Crippen LogP) is 3.20. The van der Waals surface area contributed by atoms with Crippen LogP contribution < -0.4 is 25.8 Å². The number of carbonyl (C=O) groups excluding carboxylic acids is 2. The van der Waals surface area contributed by atoms with Crippen LogP contribution in [0.1, 0.15) is 16.1 Å². The molecule has 3 amide bonds. The largest absolute Gasteiger partial charge is 0.573 e. The molecule has 0 unspecified atom stereocenters. The standard InChI is InChI=1S/C20H18F3N5O4/c1-31-14-6-2-12(3-7-14)10-25-18(29)17-16(26-19(24)30)11-28(27-17)13-4-8-15(9-5-13)32-20(21,22)23/h2-9,11H,10H2,1H3,(H,25,29)(H3,24,26,30). The van der Waals surface area contributed by atoms with Gasteiger partial charge in [-0.3, -0.25) is 4.79 Å². The molecule has 1 aromatic heterocycles. The van der Waals surface area contributed by atoms with Gasteiger partial charge < -0.3 is 25.8 Å². The van der Waals surface area contributed by atoms with Gasteiger partial charge in [-0.15, -0.1) is 13.2 Å². The van der Waals surface area contributed by atoms with Crippen molar-refractivity contribution in [3.8, 4) is 17.2 Å². The van der Waals surface area contributed by atoms with Crippen LogP contribution in [0.15, 0.2) is 54.7 Å². The number of nitrogens with zero attached hydrogens (tertiary/aromatic N) is 2. The van der Waals surface area contributed by atoms with Gasteiger partial charge in [0.25, 0.3) is 5.91 Å². The average molecular weight is 449 g/mol. The number of anilines is 1. The lowest BCUT2D eigenvalue weighted by Gasteiger charge is -2.09. The van der Waals surface area contributed by atoms with Gasteiger partial charge in [0.15, 0.2) is 5.69 Å². The first kappa shape index (κ1) is 22.5. The number of methoxy groups -OCH3 is 1. The van der Waals surface area contributed by atoms with Gasteiger partial charge in [-0.1, -0.05) is 12.1 Å². The first-order valence-corrected chi connectivity index (χ1v) is 9.08. The molecule has 12 heteroatoms. The number of hydrogen-bond acceptors (Lipinski definition) is 5. The number of amides is 3. The number of benzene rings is 2. The summed E-state index contributed by atoms with van der Waals surface area (Å²) < 4.78 is 47.1. The molecule has 4 N–H and O–H groups in total. The maximum absolute atomic E-state index is 12.7. The molecule has 0 fully saturated rings. The number of nitrogens with one attached hydrogen (secondary N) is 2. The van der Waals surface area contributed by atoms with E-state index >= 15 is 0 Å². The smallest absolute Gasteiger partial charge is 0.497 e. The van der Waals surface area contributed by atoms with Crippen LogP contribution in [-0.2, 0) is 6.54 Å². The number of hydrogen-bond donors (Lipinski definition) is 3. The molecule has 0 aliphatic heterocycles. The highest BCUT2D eigenvalue weighted by Gasteiger charge is 2.31. The van der Waals surface area contributed by atoms with E-state index < -0.39 is 24.1 Å². The topological polar surface area (TPSA) is 120 Å². The predicted molar refractivity (Wildman–Crippen MR) is 108 cm³/mol. The maximum Gasteiger partial charge on any atom is 0.573 e. The quantitative estimate of drug-likeness (QED) is 0.512. The fraction of sp³-hybridized carbons (Fsp3) is 0.150. The number of halogens is 3. The molecule has 2 aromatic carbocycles. The highest BCUT2D eigenvalue weighted by Crippen LogP contribution is 2.24. The summed E-state index contributed by atoms with van der Waals surface area (Å²) in [6.45, 7) is 0.176. The monoisotopic (exact) mass is 449 g/mol. The van der Waals surface area contributed by atoms with Crippen molar-refractivity contribution in [1.82, 2.24) is 15.1 Å². The third-order valence-electron chi connectivity index (χ3n) is 4.13. The summed E-state index contributed by atoms with van der Waals surface area (Å²) in [5.41, 5.74) is 6.17. The number of carbonyl (C=O) groups is 2. The Morgan fingerprint density at radius 1 is 1.06 bits per heavy atom. The summed E-state index contributed by atoms with van der Waals surface area (Å²) in [5.74, 6) is -0.347. The number of ether oxygens (including phenoxy) is 2. The van der Waals surface area contributed by atoms with Crippen LogP contribution in [0.2, 0.25) is 0 Å². The van der Waals surface area contributed by atoms with Crippen LogP contribution in [0, 0.1) is 0 Å². The normalized spacial score (nSPS) is 11.0. The average Bonchev–Trinajstić information content (AvgIpc) is 3.15. The first-order valence-electron chi connectivity index (χ1n) is 9.08. The van der Waals surface area contributed by atoms with Gasteiger partial charge in [0.2, 0.25) is 0 Å². The van der Waals surface area contributed by atoms with Crippen molar-refractivity contribution >= 4 is 17.6 Å². The Labute approximate surface area is 179 Å². The second-order valence-electron chi connectivity index (χ2n) is 6.40. The number of alkyl halides is 3. The van der Waals surface area contributed by atoms with Crippen molar-refractivity contribution in [1.29, 1.82) is 0 Å². The molecule has 0 aliphatic rings. The van der Waals surface area contributed by atoms with E-state index in [0.29, 0.717) is 11.4 Å². The lowest BCUT2D eigenvalue weighted by molar-refractivity contribution is -0.274. The molecule has 0 radical (unpaired) electrons. The fourth-order valence-electron chi connectivity index (χ4n) is 2.71. The summed E-state index contributed by atoms with van der Waals surface area (Å²) in [6.07, 6.45) is -3.51. The van der Waals surface area contributed by atoms with Gasteiger partial charge >= 0.3 is 12.4 Å². The summed E-state index contributed by atoms with van der Waals surface area (Å²) in [6, 6.07) is 10.9. The molecule has 0 saturated heterocycles. The Morgan fingerprint density at radius 2 is 1.69 bits per heavy atom. The van der Waals surface area contributed by atoms with Crippen LogP contribution in [-0.4, -0.2) is 35.2 Å². The van der Waals surface area contributed by atoms with Gasteiger partial charge in [0, 0.05) is 6.54 Å². The van der Waals surface area contributed by atoms with Crippen LogP contribution in [0.4, 0.5) is 23.7 Å². The van der Waals surface area contributed by atoms with Gasteiger partial charge in [0.05, 0.1) is 24.7 Å². The number of aromatic nitrogens is 2. The van der Waals surface area contributed by atoms with Crippen molar-refractivity contribution in [2.45, 2.75) is 12.9 Å². The van der Waals surface area contributed by atoms with E-state index in [2.05, 4.69) is 20.5 Å². The van der Waals surface area contributed by atoms with Crippen LogP contribution in [0.5, 0.6) is 11.5 Å². The first-order chi connectivity index (χ1) is 15.1. The second-order valence-corrected chi connectivity index (χ2v) is 6.40. The summed E-state index contributed by atoms with van der Waals surface area (Å²) in [7, 11) is 1.54. The van der Waals surface area contributed by atoms with Gasteiger partial charge in [-0.25, -0.2) is 9.48 Å². The Bertz CT molecular complexity index is 1100. The summed E-state index contributed by atoms with van der Waals surface area (Å²) >= 11 is 0. The van der Waals surface area contributed by atoms with Gasteiger partial charge in [-0.05, 0) is 42.0 Å². The Morgan fingerprint density at radius 3 is 2.25 bits per heavy atom. The number of primary amides is 1. The molecule has 0 spiro atoms. The van der Waals surface area contributed by atoms with E-state index in [-0.39, 0.29) is 17.9 Å². The van der Waals surface area contributed by atoms with E-state index in [4.69, 9.17) is 10.5 Å². The zero-order valence-corrected chi connectivity index (χ0v) is 16.6. The zero-order chi connectivity index (χ0) is 23.3. The highest BCUT2D eigenvalue weighted by atomic mass is 19.4. The van der Waals surface area contributed by atoms with Crippen LogP contribution >= 0.6 is 0 Å². The van der Waals surface area contributed by atoms with E-state index in [9.17, 15) is 22.8 Å². The molecule has 9 nitrogen and oxygen atoms in total. The molecule has 1 heterocycles. The summed E-state index contributed by atoms with van der Waals surface area (Å²) in [5, 5.41) is 9.11. The van der Waals surface area contributed by atoms with Crippen LogP contribution in [0.3, 0.4) is 0 Å². The van der Waals surface area contributed by atoms with E-state index in [1.54, 1.807) is 24.3 Å². The van der Waals surface area contributed by atoms with Gasteiger partial charge in [0.1, 0.15) is 11.5 Å². The number of urea groups is 1. The van der Waals surface area contributed by atoms with Crippen molar-refractivity contribution in [2.24, 2.45) is 5.73 Å². The molecule has 0 atom stereocenters. The molecular formula is C20H18F3N5O4. The molecule has 32 heavy (non-hydrogen) atoms. The van der Waals surface area contributed by atoms with Crippen molar-refractivity contribution < 1.29 is 32.2 Å². The molecule has 3 aromatic rings. The number of rotatable bonds is 7. The second kappa shape index (κ2) is 9.29. The highest BCUT2D eigenvalue weighted by molar-refractivity contribution is 6.01. The van der Waals surface area contributed by atoms with E-state index in [1.165, 1.54) is 30.1 Å². The molecule has 0 aliphatic carbocycles.